The molecule has 17 nitrogen and oxygen atoms in total. The van der Waals surface area contributed by atoms with Crippen LogP contribution in [0.3, 0.4) is 0 Å². The van der Waals surface area contributed by atoms with Gasteiger partial charge in [-0.05, 0) is 80.0 Å². The Hall–Kier alpha value is -6.69. The van der Waals surface area contributed by atoms with Gasteiger partial charge in [0.2, 0.25) is 11.5 Å². The zero-order valence-electron chi connectivity index (χ0n) is 42.3. The zero-order valence-corrected chi connectivity index (χ0v) is 42.3. The fourth-order valence-electron chi connectivity index (χ4n) is 14.2. The highest BCUT2D eigenvalue weighted by atomic mass is 16.6. The number of likely N-dealkylation sites (N-methyl/N-ethyl adjacent to an activating group) is 1. The number of esters is 3. The molecule has 17 heteroatoms. The third kappa shape index (κ3) is 7.16. The maximum atomic E-state index is 15.3. The molecule has 4 N–H and O–H groups in total. The van der Waals surface area contributed by atoms with Gasteiger partial charge < -0.3 is 43.7 Å². The Labute approximate surface area is 418 Å². The SMILES string of the molecule is CCC1=CC2CN(CCc3c([nH]c4ccccc34)[C@@](C(=O)OC)(c3cc4c(cc3OC)N(C)[C@H]3[C@@](O)(C(=O)OC)[C@H](OC(C)=O)[C@]5(CC)C=CCN6CC[C@]43[C@@H]65)C2)C1.COC(=O)Nc1nc2ccccc2[nH]1. The fraction of sp³-hybridized carbons (Fsp3) is 0.473. The summed E-state index contributed by atoms with van der Waals surface area (Å²) in [5.74, 6) is -0.920. The molecule has 1 aliphatic carbocycles. The van der Waals surface area contributed by atoms with Crippen LogP contribution >= 0.6 is 0 Å². The van der Waals surface area contributed by atoms with Gasteiger partial charge in [-0.25, -0.2) is 14.6 Å². The van der Waals surface area contributed by atoms with Crippen molar-refractivity contribution in [2.75, 3.05) is 78.4 Å². The first-order valence-electron chi connectivity index (χ1n) is 24.9. The van der Waals surface area contributed by atoms with Gasteiger partial charge in [0.1, 0.15) is 11.2 Å². The van der Waals surface area contributed by atoms with Gasteiger partial charge in [0.15, 0.2) is 6.10 Å². The normalized spacial score (nSPS) is 29.9. The van der Waals surface area contributed by atoms with Gasteiger partial charge >= 0.3 is 24.0 Å². The van der Waals surface area contributed by atoms with Crippen LogP contribution in [-0.4, -0.2) is 146 Å². The number of H-pyrrole nitrogens is 2. The van der Waals surface area contributed by atoms with Crippen molar-refractivity contribution in [2.24, 2.45) is 11.3 Å². The molecule has 5 aliphatic heterocycles. The number of ether oxygens (including phenoxy) is 5. The summed E-state index contributed by atoms with van der Waals surface area (Å²) < 4.78 is 28.4. The molecule has 1 spiro atoms. The van der Waals surface area contributed by atoms with Crippen LogP contribution in [0.25, 0.3) is 21.9 Å². The van der Waals surface area contributed by atoms with Crippen LogP contribution in [0.5, 0.6) is 5.75 Å². The molecule has 72 heavy (non-hydrogen) atoms. The second kappa shape index (κ2) is 18.4. The van der Waals surface area contributed by atoms with E-state index in [0.717, 1.165) is 76.9 Å². The van der Waals surface area contributed by atoms with Crippen molar-refractivity contribution < 1.29 is 48.0 Å². The largest absolute Gasteiger partial charge is 0.496 e. The van der Waals surface area contributed by atoms with Crippen LogP contribution in [0.4, 0.5) is 16.4 Å². The van der Waals surface area contributed by atoms with E-state index >= 15 is 4.79 Å². The number of rotatable bonds is 8. The van der Waals surface area contributed by atoms with Crippen molar-refractivity contribution in [2.45, 2.75) is 87.5 Å². The molecule has 2 fully saturated rings. The number of hydrogen-bond acceptors (Lipinski definition) is 14. The van der Waals surface area contributed by atoms with E-state index in [1.54, 1.807) is 7.11 Å². The van der Waals surface area contributed by atoms with E-state index in [1.165, 1.54) is 33.8 Å². The molecule has 2 aromatic heterocycles. The van der Waals surface area contributed by atoms with Crippen molar-refractivity contribution in [1.29, 1.82) is 0 Å². The van der Waals surface area contributed by atoms with E-state index < -0.39 is 52.0 Å². The van der Waals surface area contributed by atoms with Crippen LogP contribution in [0.15, 0.2) is 84.5 Å². The van der Waals surface area contributed by atoms with E-state index in [2.05, 4.69) is 78.2 Å². The lowest BCUT2D eigenvalue weighted by Crippen LogP contribution is -2.81. The summed E-state index contributed by atoms with van der Waals surface area (Å²) in [4.78, 5) is 71.3. The summed E-state index contributed by atoms with van der Waals surface area (Å²) in [5.41, 5.74) is 2.78. The molecule has 9 atom stereocenters. The molecule has 7 heterocycles. The highest BCUT2D eigenvalue weighted by Crippen LogP contribution is 2.68. The number of aromatic amines is 2. The molecule has 11 rings (SSSR count). The van der Waals surface area contributed by atoms with Crippen LogP contribution in [0, 0.1) is 11.3 Å². The van der Waals surface area contributed by atoms with Gasteiger partial charge in [0.05, 0.1) is 45.5 Å². The van der Waals surface area contributed by atoms with Gasteiger partial charge in [-0.2, -0.15) is 0 Å². The van der Waals surface area contributed by atoms with E-state index in [4.69, 9.17) is 18.9 Å². The van der Waals surface area contributed by atoms with Crippen LogP contribution < -0.4 is 15.0 Å². The Bertz CT molecular complexity index is 3000. The molecular weight excluding hydrogens is 919 g/mol. The number of nitrogens with zero attached hydrogens (tertiary/aromatic N) is 4. The fourth-order valence-corrected chi connectivity index (χ4v) is 14.2. The number of benzene rings is 3. The first-order valence-corrected chi connectivity index (χ1v) is 24.9. The lowest BCUT2D eigenvalue weighted by molar-refractivity contribution is -0.228. The third-order valence-corrected chi connectivity index (χ3v) is 16.9. The summed E-state index contributed by atoms with van der Waals surface area (Å²) in [5, 5.41) is 16.8. The summed E-state index contributed by atoms with van der Waals surface area (Å²) >= 11 is 0. The molecule has 380 valence electrons. The van der Waals surface area contributed by atoms with Gasteiger partial charge in [0, 0.05) is 90.9 Å². The molecule has 5 aromatic rings. The second-order valence-electron chi connectivity index (χ2n) is 20.2. The number of carbonyl (C=O) groups excluding carboxylic acids is 4. The first-order chi connectivity index (χ1) is 34.7. The lowest BCUT2D eigenvalue weighted by Gasteiger charge is -2.63. The Morgan fingerprint density at radius 3 is 2.35 bits per heavy atom. The summed E-state index contributed by atoms with van der Waals surface area (Å²) in [6.07, 6.45) is 7.89. The summed E-state index contributed by atoms with van der Waals surface area (Å²) in [7, 11) is 7.55. The highest BCUT2D eigenvalue weighted by molar-refractivity contribution is 5.95. The Morgan fingerprint density at radius 1 is 0.903 bits per heavy atom. The van der Waals surface area contributed by atoms with E-state index in [1.807, 2.05) is 61.3 Å². The van der Waals surface area contributed by atoms with Crippen LogP contribution in [0.2, 0.25) is 0 Å². The molecule has 2 unspecified atom stereocenters. The number of anilines is 2. The third-order valence-electron chi connectivity index (χ3n) is 16.9. The van der Waals surface area contributed by atoms with E-state index in [0.29, 0.717) is 49.6 Å². The minimum Gasteiger partial charge on any atom is -0.496 e. The van der Waals surface area contributed by atoms with Gasteiger partial charge in [-0.15, -0.1) is 0 Å². The number of fused-ring (bicyclic) bond motifs is 7. The van der Waals surface area contributed by atoms with Crippen molar-refractivity contribution in [3.8, 4) is 5.75 Å². The zero-order chi connectivity index (χ0) is 50.9. The average Bonchev–Trinajstić information content (AvgIpc) is 4.16. The van der Waals surface area contributed by atoms with Crippen molar-refractivity contribution in [3.05, 3.63) is 107 Å². The average molecular weight is 984 g/mol. The number of methoxy groups -OCH3 is 4. The predicted octanol–water partition coefficient (Wildman–Crippen LogP) is 6.54. The Balaban J connectivity index is 0.000000366. The number of amides is 1. The van der Waals surface area contributed by atoms with Crippen molar-refractivity contribution >= 4 is 57.6 Å². The predicted molar refractivity (Wildman–Crippen MR) is 271 cm³/mol. The molecule has 1 saturated heterocycles. The minimum absolute atomic E-state index is 0.0217. The molecule has 2 bridgehead atoms. The number of para-hydroxylation sites is 3. The van der Waals surface area contributed by atoms with Gasteiger partial charge in [-0.1, -0.05) is 68.0 Å². The monoisotopic (exact) mass is 983 g/mol. The maximum absolute atomic E-state index is 15.3. The number of aliphatic hydroxyl groups is 1. The smallest absolute Gasteiger partial charge is 0.413 e. The number of aromatic nitrogens is 3. The molecule has 3 aromatic carbocycles. The minimum atomic E-state index is -2.28. The molecule has 1 amide bonds. The first kappa shape index (κ1) is 48.9. The maximum Gasteiger partial charge on any atom is 0.413 e. The Morgan fingerprint density at radius 2 is 1.65 bits per heavy atom. The van der Waals surface area contributed by atoms with Crippen LogP contribution in [-0.2, 0) is 50.6 Å². The number of imidazole rings is 1. The van der Waals surface area contributed by atoms with Crippen molar-refractivity contribution in [1.82, 2.24) is 24.8 Å². The van der Waals surface area contributed by atoms with E-state index in [9.17, 15) is 19.5 Å². The van der Waals surface area contributed by atoms with Gasteiger partial charge in [0.25, 0.3) is 0 Å². The topological polar surface area (TPSA) is 201 Å². The highest BCUT2D eigenvalue weighted by Gasteiger charge is 2.80. The molecular formula is C55H65N7O10. The Kier molecular flexibility index (Phi) is 12.5. The lowest BCUT2D eigenvalue weighted by atomic mass is 9.47. The number of carbonyl (C=O) groups is 4. The van der Waals surface area contributed by atoms with Gasteiger partial charge in [-0.3, -0.25) is 24.7 Å². The van der Waals surface area contributed by atoms with Crippen molar-refractivity contribution in [3.63, 3.8) is 0 Å². The summed E-state index contributed by atoms with van der Waals surface area (Å²) in [6.45, 7) is 9.44. The molecule has 0 radical (unpaired) electrons. The number of hydrogen-bond donors (Lipinski definition) is 4. The summed E-state index contributed by atoms with van der Waals surface area (Å²) in [6, 6.07) is 18.7. The number of nitrogens with one attached hydrogen (secondary N) is 3. The standard InChI is InChI=1S/C46H56N4O8.C9H9N3O2/c1-8-28-21-29-24-45(41(52)56-6,37-31(15-19-49(25-28)26-29)30-13-10-11-14-34(30)47-37)33-22-32-35(23-36(33)55-5)48(4)39-44(32)17-20-50-18-12-16-43(9-2,38(44)50)40(58-27(3)51)46(39,54)42(53)57-7;1-14-9(13)12-8-10-6-4-2-3-5-7(6)11-8/h10-14,16,21-23,29,38-40,47,54H,8-9,15,17-20,24-26H2,1-7H3;2-5H,1H3,(H2,10,11,12,13)/t29?,38-,39+,40+,43+,44+,45-,46-;/m0./s1. The molecule has 1 saturated carbocycles. The molecule has 6 aliphatic rings. The quantitative estimate of drug-likeness (QED) is 0.0742. The second-order valence-corrected chi connectivity index (χ2v) is 20.2. The van der Waals surface area contributed by atoms with Crippen LogP contribution in [0.1, 0.15) is 68.8 Å². The van der Waals surface area contributed by atoms with E-state index in [-0.39, 0.29) is 17.9 Å².